The first-order valence-corrected chi connectivity index (χ1v) is 30.3. The highest BCUT2D eigenvalue weighted by molar-refractivity contribution is 8.59. The highest BCUT2D eigenvalue weighted by Crippen LogP contribution is 2.46. The fourth-order valence-corrected chi connectivity index (χ4v) is 11.5. The van der Waals surface area contributed by atoms with E-state index in [0.29, 0.717) is 0 Å². The van der Waals surface area contributed by atoms with Crippen molar-refractivity contribution in [1.29, 1.82) is 0 Å². The summed E-state index contributed by atoms with van der Waals surface area (Å²) in [6, 6.07) is 68.6. The van der Waals surface area contributed by atoms with Gasteiger partial charge in [0, 0.05) is 55.8 Å². The Labute approximate surface area is 482 Å². The van der Waals surface area contributed by atoms with Crippen molar-refractivity contribution in [2.45, 2.75) is 78.6 Å². The van der Waals surface area contributed by atoms with Crippen LogP contribution in [-0.4, -0.2) is 26.1 Å². The normalized spacial score (nSPS) is 14.0. The number of hydrogen-bond acceptors (Lipinski definition) is 3. The third kappa shape index (κ3) is 12.0. The van der Waals surface area contributed by atoms with Gasteiger partial charge in [0.05, 0.1) is 39.0 Å². The number of thiol groups is 2. The third-order valence-corrected chi connectivity index (χ3v) is 15.3. The Morgan fingerprint density at radius 1 is 0.582 bits per heavy atom. The second-order valence-electron chi connectivity index (χ2n) is 19.9. The lowest BCUT2D eigenvalue weighted by atomic mass is 9.69. The van der Waals surface area contributed by atoms with Crippen LogP contribution in [0.5, 0.6) is 0 Å². The van der Waals surface area contributed by atoms with Gasteiger partial charge in [-0.3, -0.25) is 4.99 Å². The maximum atomic E-state index is 4.58. The first-order chi connectivity index (χ1) is 38.8. The van der Waals surface area contributed by atoms with E-state index in [-0.39, 0.29) is 5.41 Å². The van der Waals surface area contributed by atoms with Gasteiger partial charge in [-0.25, -0.2) is 0 Å². The van der Waals surface area contributed by atoms with Gasteiger partial charge in [-0.05, 0) is 160 Å². The van der Waals surface area contributed by atoms with Crippen LogP contribution in [0.4, 0.5) is 0 Å². The number of aliphatic imine (C=N–C) groups is 1. The van der Waals surface area contributed by atoms with Crippen molar-refractivity contribution < 1.29 is 0 Å². The monoisotopic (exact) mass is 1090 g/mol. The number of hydrogen-bond donors (Lipinski definition) is 2. The molecule has 1 aliphatic rings. The number of benzene rings is 8. The molecule has 2 unspecified atom stereocenters. The van der Waals surface area contributed by atoms with E-state index in [9.17, 15) is 0 Å². The highest BCUT2D eigenvalue weighted by Gasteiger charge is 2.36. The van der Waals surface area contributed by atoms with Gasteiger partial charge in [0.2, 0.25) is 0 Å². The molecule has 0 saturated heterocycles. The number of fused-ring (bicyclic) bond motifs is 9. The fourth-order valence-electron chi connectivity index (χ4n) is 11.5. The summed E-state index contributed by atoms with van der Waals surface area (Å²) < 4.78 is 7.36. The summed E-state index contributed by atoms with van der Waals surface area (Å²) in [5.41, 5.74) is 18.4. The second kappa shape index (κ2) is 27.5. The van der Waals surface area contributed by atoms with Crippen LogP contribution in [0.25, 0.3) is 71.6 Å². The van der Waals surface area contributed by atoms with Crippen molar-refractivity contribution in [3.8, 4) is 17.1 Å². The van der Waals surface area contributed by atoms with Crippen molar-refractivity contribution in [2.24, 2.45) is 4.99 Å². The molecule has 0 N–H and O–H groups in total. The van der Waals surface area contributed by atoms with Gasteiger partial charge >= 0.3 is 0 Å². The highest BCUT2D eigenvalue weighted by atomic mass is 33.1. The van der Waals surface area contributed by atoms with Gasteiger partial charge in [-0.1, -0.05) is 179 Å². The molecule has 4 nitrogen and oxygen atoms in total. The maximum Gasteiger partial charge on any atom is 0.0716 e. The van der Waals surface area contributed by atoms with Gasteiger partial charge in [-0.15, -0.1) is 32.6 Å². The van der Waals surface area contributed by atoms with Crippen LogP contribution >= 0.6 is 32.6 Å². The second-order valence-corrected chi connectivity index (χ2v) is 19.9. The van der Waals surface area contributed by atoms with Gasteiger partial charge in [0.25, 0.3) is 0 Å². The molecule has 3 heterocycles. The Morgan fingerprint density at radius 3 is 1.71 bits per heavy atom. The maximum absolute atomic E-state index is 4.58. The average molecular weight is 1090 g/mol. The lowest BCUT2D eigenvalue weighted by molar-refractivity contribution is 0.406. The van der Waals surface area contributed by atoms with E-state index < -0.39 is 0 Å². The molecule has 12 rings (SSSR count). The number of aryl methyl sites for hydroxylation is 2. The summed E-state index contributed by atoms with van der Waals surface area (Å²) in [4.78, 5) is 4.58. The SMILES string of the molecule is C/C=C\CC/C=C\C.C=CN=C(C=C)c1ccccc1-n1c2ccccc2c2cc(C3(C)CCc4c(c5cc(-n6c7ccccc7c7ccccc76)ccc5n4-c4ccccc4)C3)ccc21.CCc1ccccc1C.CP.SS. The van der Waals surface area contributed by atoms with Crippen LogP contribution in [-0.2, 0) is 24.7 Å². The smallest absolute Gasteiger partial charge is 0.0716 e. The van der Waals surface area contributed by atoms with E-state index in [4.69, 9.17) is 0 Å². The average Bonchev–Trinajstić information content (AvgIpc) is 4.17. The predicted molar refractivity (Wildman–Crippen MR) is 358 cm³/mol. The molecular formula is C72H75N4PS2. The summed E-state index contributed by atoms with van der Waals surface area (Å²) in [6.07, 6.45) is 18.4. The van der Waals surface area contributed by atoms with Crippen molar-refractivity contribution in [3.05, 3.63) is 271 Å². The minimum atomic E-state index is -0.0758. The van der Waals surface area contributed by atoms with Gasteiger partial charge in [-0.2, -0.15) is 0 Å². The molecule has 7 heteroatoms. The quantitative estimate of drug-likeness (QED) is 0.0323. The fraction of sp³-hybridized carbons (Fsp3) is 0.181. The van der Waals surface area contributed by atoms with E-state index in [2.05, 4.69) is 311 Å². The number of aromatic nitrogens is 3. The molecule has 0 spiro atoms. The molecule has 0 saturated carbocycles. The van der Waals surface area contributed by atoms with E-state index in [1.54, 1.807) is 6.20 Å². The Balaban J connectivity index is 0.000000334. The lowest BCUT2D eigenvalue weighted by Gasteiger charge is -2.35. The number of nitrogens with zero attached hydrogens (tertiary/aromatic N) is 4. The molecular weight excluding hydrogens is 1020 g/mol. The molecule has 0 fully saturated rings. The van der Waals surface area contributed by atoms with Crippen molar-refractivity contribution in [1.82, 2.24) is 13.7 Å². The predicted octanol–water partition coefficient (Wildman–Crippen LogP) is 20.1. The van der Waals surface area contributed by atoms with Crippen LogP contribution in [0.2, 0.25) is 0 Å². The van der Waals surface area contributed by atoms with E-state index in [0.717, 1.165) is 42.6 Å². The van der Waals surface area contributed by atoms with Crippen molar-refractivity contribution in [2.75, 3.05) is 6.66 Å². The molecule has 11 aromatic rings. The number of rotatable bonds is 11. The zero-order valence-electron chi connectivity index (χ0n) is 46.8. The number of allylic oxidation sites excluding steroid dienone is 5. The van der Waals surface area contributed by atoms with Crippen LogP contribution in [0, 0.1) is 6.92 Å². The molecule has 2 atom stereocenters. The van der Waals surface area contributed by atoms with Crippen molar-refractivity contribution >= 4 is 92.8 Å². The van der Waals surface area contributed by atoms with Crippen LogP contribution < -0.4 is 0 Å². The minimum absolute atomic E-state index is 0.0758. The van der Waals surface area contributed by atoms with Gasteiger partial charge in [0.15, 0.2) is 0 Å². The summed E-state index contributed by atoms with van der Waals surface area (Å²) in [5.74, 6) is 0. The van der Waals surface area contributed by atoms with E-state index >= 15 is 0 Å². The largest absolute Gasteiger partial charge is 0.313 e. The molecule has 1 aliphatic carbocycles. The molecule has 79 heavy (non-hydrogen) atoms. The summed E-state index contributed by atoms with van der Waals surface area (Å²) >= 11 is 6.44. The van der Waals surface area contributed by atoms with Gasteiger partial charge in [0.1, 0.15) is 0 Å². The van der Waals surface area contributed by atoms with Gasteiger partial charge < -0.3 is 13.7 Å². The molecule has 8 aromatic carbocycles. The van der Waals surface area contributed by atoms with E-state index in [1.807, 2.05) is 12.7 Å². The first kappa shape index (κ1) is 57.8. The Hall–Kier alpha value is -7.34. The summed E-state index contributed by atoms with van der Waals surface area (Å²) in [7, 11) is 2.42. The molecule has 0 aliphatic heterocycles. The zero-order chi connectivity index (χ0) is 55.9. The number of para-hydroxylation sites is 5. The molecule has 0 radical (unpaired) electrons. The van der Waals surface area contributed by atoms with Crippen LogP contribution in [0.1, 0.15) is 80.5 Å². The van der Waals surface area contributed by atoms with Crippen molar-refractivity contribution in [3.63, 3.8) is 0 Å². The molecule has 0 amide bonds. The lowest BCUT2D eigenvalue weighted by Crippen LogP contribution is -2.30. The zero-order valence-corrected chi connectivity index (χ0v) is 49.7. The van der Waals surface area contributed by atoms with Crippen LogP contribution in [0.3, 0.4) is 0 Å². The Kier molecular flexibility index (Phi) is 20.1. The first-order valence-electron chi connectivity index (χ1n) is 27.5. The van der Waals surface area contributed by atoms with Crippen LogP contribution in [0.15, 0.2) is 243 Å². The molecule has 400 valence electrons. The standard InChI is InChI=1S/C54H42N4.C9H12.C8H14.CH5P.H2S2/c1-4-46(55-5-2)42-22-12-16-26-50(42)58-49-25-15-11-21-41(49)43-33-36(27-29-52(43)58)54(3)32-31-53-45(35-54)44-34-38(28-30-51(44)56(53)37-17-7-6-8-18-37)57-47-23-13-9-19-39(47)40-20-10-14-24-48(40)57;1-3-9-7-5-4-6-8(9)2;1-3-5-7-8-6-4-2;2*1-2/h4-30,33-34H,1-2,31-32,35H2,3H3;4-7H,3H2,1-2H3;3-6H,7-8H2,1-2H3;2H2,1H3;1-2H/b;;5-3-,6-4-;;. The minimum Gasteiger partial charge on any atom is -0.313 e. The number of unbranched alkanes of at least 4 members (excludes halogenated alkanes) is 1. The molecule has 0 bridgehead atoms. The molecule has 3 aromatic heterocycles. The third-order valence-electron chi connectivity index (χ3n) is 15.3. The Morgan fingerprint density at radius 2 is 1.11 bits per heavy atom. The topological polar surface area (TPSA) is 27.1 Å². The summed E-state index contributed by atoms with van der Waals surface area (Å²) in [6.45, 7) is 20.8. The van der Waals surface area contributed by atoms with E-state index in [1.165, 1.54) is 107 Å². The summed E-state index contributed by atoms with van der Waals surface area (Å²) in [5, 5.41) is 6.39. The Bertz CT molecular complexity index is 3900.